The molecule has 3 rings (SSSR count). The molecule has 23 heavy (non-hydrogen) atoms. The third-order valence-electron chi connectivity index (χ3n) is 3.02. The van der Waals surface area contributed by atoms with Crippen molar-refractivity contribution in [2.75, 3.05) is 5.73 Å². The van der Waals surface area contributed by atoms with Gasteiger partial charge in [0.15, 0.2) is 16.5 Å². The summed E-state index contributed by atoms with van der Waals surface area (Å²) in [5.41, 5.74) is 6.62. The van der Waals surface area contributed by atoms with Crippen LogP contribution in [0.3, 0.4) is 0 Å². The number of furan rings is 1. The molecule has 0 fully saturated rings. The van der Waals surface area contributed by atoms with Gasteiger partial charge in [-0.1, -0.05) is 42.1 Å². The van der Waals surface area contributed by atoms with Crippen molar-refractivity contribution < 1.29 is 9.34 Å². The van der Waals surface area contributed by atoms with Crippen molar-refractivity contribution in [3.63, 3.8) is 0 Å². The molecular weight excluding hydrogens is 316 g/mol. The Kier molecular flexibility index (Phi) is 4.24. The number of aromatic nitrogens is 2. The number of nitrogens with two attached hydrogens (primary N) is 1. The van der Waals surface area contributed by atoms with Crippen molar-refractivity contribution in [2.24, 2.45) is 0 Å². The van der Waals surface area contributed by atoms with Gasteiger partial charge in [-0.15, -0.1) is 0 Å². The number of hydrogen-bond acceptors (Lipinski definition) is 7. The summed E-state index contributed by atoms with van der Waals surface area (Å²) in [5, 5.41) is 11.7. The van der Waals surface area contributed by atoms with Gasteiger partial charge in [-0.25, -0.2) is 4.98 Å². The van der Waals surface area contributed by atoms with E-state index in [1.807, 2.05) is 30.3 Å². The highest BCUT2D eigenvalue weighted by Crippen LogP contribution is 2.37. The van der Waals surface area contributed by atoms with Crippen LogP contribution in [0.4, 0.5) is 11.6 Å². The highest BCUT2D eigenvalue weighted by Gasteiger charge is 2.27. The summed E-state index contributed by atoms with van der Waals surface area (Å²) in [4.78, 5) is 19.0. The van der Waals surface area contributed by atoms with Crippen molar-refractivity contribution >= 4 is 23.4 Å². The van der Waals surface area contributed by atoms with Crippen molar-refractivity contribution in [1.82, 2.24) is 9.97 Å². The second-order valence-electron chi connectivity index (χ2n) is 4.59. The number of benzene rings is 1. The van der Waals surface area contributed by atoms with E-state index in [-0.39, 0.29) is 28.1 Å². The maximum Gasteiger partial charge on any atom is 0.330 e. The van der Waals surface area contributed by atoms with E-state index < -0.39 is 4.92 Å². The van der Waals surface area contributed by atoms with Crippen LogP contribution in [0.25, 0.3) is 11.5 Å². The molecule has 0 bridgehead atoms. The lowest BCUT2D eigenvalue weighted by Crippen LogP contribution is -2.04. The molecule has 0 spiro atoms. The van der Waals surface area contributed by atoms with Crippen LogP contribution in [0.5, 0.6) is 0 Å². The predicted octanol–water partition coefficient (Wildman–Crippen LogP) is 3.52. The highest BCUT2D eigenvalue weighted by atomic mass is 32.2. The Morgan fingerprint density at radius 1 is 1.17 bits per heavy atom. The molecule has 0 saturated carbocycles. The first-order valence-electron chi connectivity index (χ1n) is 6.67. The van der Waals surface area contributed by atoms with Gasteiger partial charge in [0.25, 0.3) is 0 Å². The van der Waals surface area contributed by atoms with Gasteiger partial charge in [0.1, 0.15) is 0 Å². The van der Waals surface area contributed by atoms with Crippen LogP contribution in [0, 0.1) is 10.1 Å². The molecule has 0 aliphatic heterocycles. The fourth-order valence-corrected chi connectivity index (χ4v) is 2.99. The van der Waals surface area contributed by atoms with Crippen LogP contribution >= 0.6 is 11.8 Å². The highest BCUT2D eigenvalue weighted by molar-refractivity contribution is 7.98. The second kappa shape index (κ2) is 6.49. The van der Waals surface area contributed by atoms with Crippen LogP contribution in [-0.4, -0.2) is 14.9 Å². The Bertz CT molecular complexity index is 822. The first-order chi connectivity index (χ1) is 11.1. The van der Waals surface area contributed by atoms with E-state index in [0.717, 1.165) is 5.56 Å². The summed E-state index contributed by atoms with van der Waals surface area (Å²) in [7, 11) is 0. The topological polar surface area (TPSA) is 108 Å². The Labute approximate surface area is 135 Å². The SMILES string of the molecule is Nc1nc(SCc2ccccc2)c([N+](=O)[O-])c(-c2ccco2)n1. The molecule has 2 N–H and O–H groups in total. The lowest BCUT2D eigenvalue weighted by Gasteiger charge is -2.06. The van der Waals surface area contributed by atoms with Crippen molar-refractivity contribution in [1.29, 1.82) is 0 Å². The minimum atomic E-state index is -0.509. The summed E-state index contributed by atoms with van der Waals surface area (Å²) in [6.07, 6.45) is 1.42. The maximum atomic E-state index is 11.5. The van der Waals surface area contributed by atoms with Crippen molar-refractivity contribution in [3.05, 3.63) is 64.4 Å². The van der Waals surface area contributed by atoms with Gasteiger partial charge in [0, 0.05) is 5.75 Å². The summed E-state index contributed by atoms with van der Waals surface area (Å²) < 4.78 is 5.22. The van der Waals surface area contributed by atoms with Crippen LogP contribution in [0.2, 0.25) is 0 Å². The number of hydrogen-bond donors (Lipinski definition) is 1. The molecule has 116 valence electrons. The molecule has 0 aliphatic rings. The van der Waals surface area contributed by atoms with Gasteiger partial charge in [0.2, 0.25) is 5.95 Å². The zero-order valence-corrected chi connectivity index (χ0v) is 12.7. The summed E-state index contributed by atoms with van der Waals surface area (Å²) in [6.45, 7) is 0. The molecule has 0 atom stereocenters. The molecule has 3 aromatic rings. The van der Waals surface area contributed by atoms with Gasteiger partial charge >= 0.3 is 5.69 Å². The fraction of sp³-hybridized carbons (Fsp3) is 0.0667. The Hall–Kier alpha value is -2.87. The van der Waals surface area contributed by atoms with Crippen LogP contribution in [-0.2, 0) is 5.75 Å². The average molecular weight is 328 g/mol. The number of rotatable bonds is 5. The van der Waals surface area contributed by atoms with Gasteiger partial charge in [-0.3, -0.25) is 10.1 Å². The molecular formula is C15H12N4O3S. The van der Waals surface area contributed by atoms with E-state index in [2.05, 4.69) is 9.97 Å². The molecule has 2 heterocycles. The van der Waals surface area contributed by atoms with Gasteiger partial charge < -0.3 is 10.2 Å². The van der Waals surface area contributed by atoms with Crippen LogP contribution < -0.4 is 5.73 Å². The minimum Gasteiger partial charge on any atom is -0.462 e. The van der Waals surface area contributed by atoms with Gasteiger partial charge in [0.05, 0.1) is 11.2 Å². The molecule has 0 aliphatic carbocycles. The van der Waals surface area contributed by atoms with Crippen LogP contribution in [0.15, 0.2) is 58.2 Å². The first-order valence-corrected chi connectivity index (χ1v) is 7.66. The molecule has 8 heteroatoms. The smallest absolute Gasteiger partial charge is 0.330 e. The standard InChI is InChI=1S/C15H12N4O3S/c16-15-17-12(11-7-4-8-22-11)13(19(20)21)14(18-15)23-9-10-5-2-1-3-6-10/h1-8H,9H2,(H2,16,17,18). The monoisotopic (exact) mass is 328 g/mol. The van der Waals surface area contributed by atoms with Crippen LogP contribution in [0.1, 0.15) is 5.56 Å². The van der Waals surface area contributed by atoms with Gasteiger partial charge in [-0.2, -0.15) is 4.98 Å². The minimum absolute atomic E-state index is 0.0300. The number of thioether (sulfide) groups is 1. The molecule has 0 unspecified atom stereocenters. The Balaban J connectivity index is 2.00. The molecule has 2 aromatic heterocycles. The number of nitrogens with zero attached hydrogens (tertiary/aromatic N) is 3. The third kappa shape index (κ3) is 3.32. The van der Waals surface area contributed by atoms with E-state index in [0.29, 0.717) is 5.75 Å². The van der Waals surface area contributed by atoms with E-state index in [4.69, 9.17) is 10.2 Å². The zero-order chi connectivity index (χ0) is 16.2. The summed E-state index contributed by atoms with van der Waals surface area (Å²) >= 11 is 1.24. The molecule has 0 radical (unpaired) electrons. The lowest BCUT2D eigenvalue weighted by atomic mass is 10.2. The van der Waals surface area contributed by atoms with E-state index in [1.54, 1.807) is 12.1 Å². The average Bonchev–Trinajstić information content (AvgIpc) is 3.07. The Morgan fingerprint density at radius 3 is 2.61 bits per heavy atom. The molecule has 0 saturated heterocycles. The second-order valence-corrected chi connectivity index (χ2v) is 5.56. The normalized spacial score (nSPS) is 10.6. The number of nitrogen functional groups attached to an aromatic ring is 1. The predicted molar refractivity (Wildman–Crippen MR) is 86.8 cm³/mol. The van der Waals surface area contributed by atoms with Crippen molar-refractivity contribution in [3.8, 4) is 11.5 Å². The molecule has 1 aromatic carbocycles. The molecule has 0 amide bonds. The number of anilines is 1. The molecule has 7 nitrogen and oxygen atoms in total. The zero-order valence-electron chi connectivity index (χ0n) is 11.9. The Morgan fingerprint density at radius 2 is 1.96 bits per heavy atom. The van der Waals surface area contributed by atoms with E-state index in [9.17, 15) is 10.1 Å². The summed E-state index contributed by atoms with van der Waals surface area (Å²) in [5.74, 6) is 0.792. The van der Waals surface area contributed by atoms with E-state index >= 15 is 0 Å². The largest absolute Gasteiger partial charge is 0.462 e. The summed E-state index contributed by atoms with van der Waals surface area (Å²) in [6, 6.07) is 12.8. The maximum absolute atomic E-state index is 11.5. The lowest BCUT2D eigenvalue weighted by molar-refractivity contribution is -0.387. The fourth-order valence-electron chi connectivity index (χ4n) is 2.03. The first kappa shape index (κ1) is 15.0. The van der Waals surface area contributed by atoms with Crippen molar-refractivity contribution in [2.45, 2.75) is 10.8 Å². The number of nitro groups is 1. The third-order valence-corrected chi connectivity index (χ3v) is 4.06. The quantitative estimate of drug-likeness (QED) is 0.330. The van der Waals surface area contributed by atoms with Gasteiger partial charge in [-0.05, 0) is 17.7 Å². The van der Waals surface area contributed by atoms with E-state index in [1.165, 1.54) is 18.0 Å².